The first kappa shape index (κ1) is 11.7. The van der Waals surface area contributed by atoms with Gasteiger partial charge in [-0.3, -0.25) is 4.79 Å². The average molecular weight is 232 g/mol. The molecule has 2 unspecified atom stereocenters. The Morgan fingerprint density at radius 2 is 2.36 bits per heavy atom. The number of aliphatic hydroxyl groups excluding tert-OH is 2. The molecule has 0 bridgehead atoms. The number of rotatable bonds is 4. The van der Waals surface area contributed by atoms with Gasteiger partial charge < -0.3 is 10.2 Å². The van der Waals surface area contributed by atoms with Crippen molar-refractivity contribution in [3.63, 3.8) is 0 Å². The van der Waals surface area contributed by atoms with E-state index in [1.54, 1.807) is 11.4 Å². The predicted molar refractivity (Wildman–Crippen MR) is 58.4 cm³/mol. The summed E-state index contributed by atoms with van der Waals surface area (Å²) in [5.74, 6) is 0.229. The smallest absolute Gasteiger partial charge is 0.185 e. The lowest BCUT2D eigenvalue weighted by atomic mass is 10.1. The normalized spacial score (nSPS) is 15.1. The maximum Gasteiger partial charge on any atom is 0.185 e. The highest BCUT2D eigenvalue weighted by Crippen LogP contribution is 2.21. The van der Waals surface area contributed by atoms with Crippen molar-refractivity contribution in [2.24, 2.45) is 0 Å². The summed E-state index contributed by atoms with van der Waals surface area (Å²) in [7, 11) is 0. The van der Waals surface area contributed by atoms with Gasteiger partial charge in [-0.2, -0.15) is 11.3 Å². The molecule has 0 saturated carbocycles. The van der Waals surface area contributed by atoms with Gasteiger partial charge in [0.1, 0.15) is 6.10 Å². The third-order valence-electron chi connectivity index (χ3n) is 1.71. The van der Waals surface area contributed by atoms with Crippen LogP contribution >= 0.6 is 23.1 Å². The van der Waals surface area contributed by atoms with Gasteiger partial charge >= 0.3 is 0 Å². The van der Waals surface area contributed by atoms with E-state index in [9.17, 15) is 15.0 Å². The van der Waals surface area contributed by atoms with Crippen molar-refractivity contribution in [1.29, 1.82) is 0 Å². The van der Waals surface area contributed by atoms with Crippen molar-refractivity contribution >= 4 is 28.2 Å². The third-order valence-corrected chi connectivity index (χ3v) is 3.32. The minimum Gasteiger partial charge on any atom is -0.389 e. The molecule has 1 aromatic heterocycles. The summed E-state index contributed by atoms with van der Waals surface area (Å²) in [6.07, 6.45) is -1.79. The minimum atomic E-state index is -0.895. The fraction of sp³-hybridized carbons (Fsp3) is 0.444. The van der Waals surface area contributed by atoms with Crippen LogP contribution < -0.4 is 0 Å². The Labute approximate surface area is 90.8 Å². The molecular weight excluding hydrogens is 220 g/mol. The zero-order valence-corrected chi connectivity index (χ0v) is 9.35. The summed E-state index contributed by atoms with van der Waals surface area (Å²) in [6, 6.07) is 1.76. The van der Waals surface area contributed by atoms with Crippen molar-refractivity contribution in [3.05, 3.63) is 22.4 Å². The Morgan fingerprint density at radius 3 is 2.86 bits per heavy atom. The Morgan fingerprint density at radius 1 is 1.64 bits per heavy atom. The molecule has 0 spiro atoms. The quantitative estimate of drug-likeness (QED) is 0.824. The molecule has 0 fully saturated rings. The number of thiophene rings is 1. The number of hydrogen-bond acceptors (Lipinski definition) is 5. The van der Waals surface area contributed by atoms with Crippen molar-refractivity contribution in [1.82, 2.24) is 0 Å². The standard InChI is InChI=1S/C9H12O3S2/c1-6(10)14-5-8(11)9(12)7-2-3-13-4-7/h2-4,8-9,11-12H,5H2,1H3. The van der Waals surface area contributed by atoms with E-state index >= 15 is 0 Å². The first-order chi connectivity index (χ1) is 6.61. The van der Waals surface area contributed by atoms with E-state index < -0.39 is 12.2 Å². The molecular formula is C9H12O3S2. The Bertz CT molecular complexity index is 284. The minimum absolute atomic E-state index is 0.0541. The van der Waals surface area contributed by atoms with Crippen molar-refractivity contribution < 1.29 is 15.0 Å². The summed E-state index contributed by atoms with van der Waals surface area (Å²) in [5, 5.41) is 22.7. The van der Waals surface area contributed by atoms with Crippen molar-refractivity contribution in [2.75, 3.05) is 5.75 Å². The molecule has 2 N–H and O–H groups in total. The van der Waals surface area contributed by atoms with E-state index in [4.69, 9.17) is 0 Å². The fourth-order valence-corrected chi connectivity index (χ4v) is 2.24. The van der Waals surface area contributed by atoms with Crippen molar-refractivity contribution in [2.45, 2.75) is 19.1 Å². The molecule has 1 aromatic rings. The van der Waals surface area contributed by atoms with Crippen LogP contribution in [-0.2, 0) is 4.79 Å². The second kappa shape index (κ2) is 5.50. The molecule has 1 rings (SSSR count). The summed E-state index contributed by atoms with van der Waals surface area (Å²) < 4.78 is 0. The monoisotopic (exact) mass is 232 g/mol. The molecule has 0 aliphatic carbocycles. The largest absolute Gasteiger partial charge is 0.389 e. The topological polar surface area (TPSA) is 57.5 Å². The van der Waals surface area contributed by atoms with Gasteiger partial charge in [-0.25, -0.2) is 0 Å². The van der Waals surface area contributed by atoms with Crippen LogP contribution in [0.25, 0.3) is 0 Å². The molecule has 0 aliphatic rings. The van der Waals surface area contributed by atoms with Crippen LogP contribution in [0.5, 0.6) is 0 Å². The van der Waals surface area contributed by atoms with Gasteiger partial charge in [0, 0.05) is 12.7 Å². The van der Waals surface area contributed by atoms with Crippen LogP contribution in [0.15, 0.2) is 16.8 Å². The molecule has 0 aromatic carbocycles. The average Bonchev–Trinajstić information content (AvgIpc) is 2.65. The van der Waals surface area contributed by atoms with Gasteiger partial charge in [0.2, 0.25) is 0 Å². The van der Waals surface area contributed by atoms with Crippen molar-refractivity contribution in [3.8, 4) is 0 Å². The summed E-state index contributed by atoms with van der Waals surface area (Å²) >= 11 is 2.48. The van der Waals surface area contributed by atoms with Gasteiger partial charge in [-0.15, -0.1) is 0 Å². The first-order valence-electron chi connectivity index (χ1n) is 4.13. The highest BCUT2D eigenvalue weighted by molar-refractivity contribution is 8.13. The molecule has 3 nitrogen and oxygen atoms in total. The highest BCUT2D eigenvalue weighted by Gasteiger charge is 2.19. The van der Waals surface area contributed by atoms with Crippen LogP contribution in [0.4, 0.5) is 0 Å². The molecule has 0 amide bonds. The number of hydrogen-bond donors (Lipinski definition) is 2. The van der Waals surface area contributed by atoms with E-state index in [2.05, 4.69) is 0 Å². The fourth-order valence-electron chi connectivity index (χ4n) is 0.959. The highest BCUT2D eigenvalue weighted by atomic mass is 32.2. The lowest BCUT2D eigenvalue weighted by molar-refractivity contribution is -0.109. The SMILES string of the molecule is CC(=O)SCC(O)C(O)c1ccsc1. The molecule has 1 heterocycles. The maximum atomic E-state index is 10.6. The van der Waals surface area contributed by atoms with Gasteiger partial charge in [0.05, 0.1) is 6.10 Å². The molecule has 0 radical (unpaired) electrons. The van der Waals surface area contributed by atoms with Gasteiger partial charge in [0.15, 0.2) is 5.12 Å². The Kier molecular flexibility index (Phi) is 4.60. The number of carbonyl (C=O) groups excluding carboxylic acids is 1. The third kappa shape index (κ3) is 3.42. The second-order valence-corrected chi connectivity index (χ2v) is 4.85. The number of thioether (sulfide) groups is 1. The van der Waals surface area contributed by atoms with E-state index in [1.807, 2.05) is 5.38 Å². The van der Waals surface area contributed by atoms with Gasteiger partial charge in [-0.05, 0) is 22.4 Å². The van der Waals surface area contributed by atoms with E-state index in [0.29, 0.717) is 5.56 Å². The summed E-state index contributed by atoms with van der Waals surface area (Å²) in [5.41, 5.74) is 0.701. The van der Waals surface area contributed by atoms with Crippen LogP contribution in [0, 0.1) is 0 Å². The number of carbonyl (C=O) groups is 1. The molecule has 0 saturated heterocycles. The second-order valence-electron chi connectivity index (χ2n) is 2.87. The van der Waals surface area contributed by atoms with Crippen LogP contribution in [0.2, 0.25) is 0 Å². The predicted octanol–water partition coefficient (Wildman–Crippen LogP) is 1.42. The molecule has 78 valence electrons. The lowest BCUT2D eigenvalue weighted by Gasteiger charge is -2.15. The summed E-state index contributed by atoms with van der Waals surface area (Å²) in [4.78, 5) is 10.6. The first-order valence-corrected chi connectivity index (χ1v) is 6.05. The van der Waals surface area contributed by atoms with E-state index in [1.165, 1.54) is 18.3 Å². The zero-order chi connectivity index (χ0) is 10.6. The molecule has 0 aliphatic heterocycles. The molecule has 5 heteroatoms. The maximum absolute atomic E-state index is 10.6. The molecule has 14 heavy (non-hydrogen) atoms. The van der Waals surface area contributed by atoms with Crippen LogP contribution in [0.3, 0.4) is 0 Å². The van der Waals surface area contributed by atoms with Crippen LogP contribution in [0.1, 0.15) is 18.6 Å². The van der Waals surface area contributed by atoms with Gasteiger partial charge in [0.25, 0.3) is 0 Å². The van der Waals surface area contributed by atoms with Crippen LogP contribution in [-0.4, -0.2) is 27.2 Å². The Balaban J connectivity index is 2.44. The molecule has 2 atom stereocenters. The Hall–Kier alpha value is -0.360. The zero-order valence-electron chi connectivity index (χ0n) is 7.71. The summed E-state index contributed by atoms with van der Waals surface area (Å²) in [6.45, 7) is 1.44. The number of aliphatic hydroxyl groups is 2. The van der Waals surface area contributed by atoms with Gasteiger partial charge in [-0.1, -0.05) is 11.8 Å². The lowest BCUT2D eigenvalue weighted by Crippen LogP contribution is -2.20. The van der Waals surface area contributed by atoms with E-state index in [-0.39, 0.29) is 10.9 Å². The van der Waals surface area contributed by atoms with E-state index in [0.717, 1.165) is 11.8 Å².